The van der Waals surface area contributed by atoms with Crippen molar-refractivity contribution in [3.8, 4) is 0 Å². The average molecular weight is 553 g/mol. The minimum Gasteiger partial charge on any atom is -0.454 e. The minimum absolute atomic E-state index is 0.252. The number of ether oxygens (including phenoxy) is 3. The van der Waals surface area contributed by atoms with Crippen LogP contribution in [0.3, 0.4) is 0 Å². The molecule has 4 aliphatic carbocycles. The number of nitrogens with zero attached hydrogens (tertiary/aromatic N) is 1. The molecule has 2 saturated carbocycles. The van der Waals surface area contributed by atoms with Crippen LogP contribution in [0.15, 0.2) is 29.5 Å². The van der Waals surface area contributed by atoms with E-state index in [1.165, 1.54) is 0 Å². The first-order valence-corrected chi connectivity index (χ1v) is 15.2. The maximum absolute atomic E-state index is 13.5. The zero-order valence-corrected chi connectivity index (χ0v) is 24.5. The number of allylic oxidation sites excluding steroid dienone is 1. The number of aliphatic hydroxyl groups excluding tert-OH is 1. The first kappa shape index (κ1) is 26.9. The molecule has 3 aliphatic heterocycles. The summed E-state index contributed by atoms with van der Waals surface area (Å²) in [6, 6.07) is 0. The van der Waals surface area contributed by atoms with E-state index in [1.807, 2.05) is 27.0 Å². The summed E-state index contributed by atoms with van der Waals surface area (Å²) in [5.41, 5.74) is 1.80. The number of rotatable bonds is 4. The minimum atomic E-state index is -1.22. The van der Waals surface area contributed by atoms with Crippen molar-refractivity contribution < 1.29 is 29.2 Å². The molecule has 8 heteroatoms. The molecule has 3 N–H and O–H groups in total. The van der Waals surface area contributed by atoms with Crippen LogP contribution in [0.1, 0.15) is 80.9 Å². The van der Waals surface area contributed by atoms with Crippen molar-refractivity contribution in [2.75, 3.05) is 26.7 Å². The van der Waals surface area contributed by atoms with Crippen LogP contribution in [-0.2, 0) is 20.6 Å². The number of esters is 1. The number of hydrogen-bond donors (Lipinski definition) is 3. The molecule has 1 aromatic heterocycles. The number of aliphatic hydroxyl groups is 2. The molecule has 4 heterocycles. The van der Waals surface area contributed by atoms with E-state index in [-0.39, 0.29) is 17.3 Å². The lowest BCUT2D eigenvalue weighted by molar-refractivity contribution is -0.401. The molecule has 8 rings (SSSR count). The van der Waals surface area contributed by atoms with Gasteiger partial charge in [-0.05, 0) is 75.6 Å². The highest BCUT2D eigenvalue weighted by molar-refractivity contribution is 5.92. The molecule has 1 aromatic rings. The molecule has 8 atom stereocenters. The maximum atomic E-state index is 13.5. The van der Waals surface area contributed by atoms with Crippen LogP contribution in [0, 0.1) is 23.7 Å². The second kappa shape index (κ2) is 8.54. The van der Waals surface area contributed by atoms with Gasteiger partial charge in [0.05, 0.1) is 18.3 Å². The largest absolute Gasteiger partial charge is 0.454 e. The zero-order valence-electron chi connectivity index (χ0n) is 24.5. The number of carbonyl (C=O) groups excluding carboxylic acids is 1. The van der Waals surface area contributed by atoms with Gasteiger partial charge >= 0.3 is 5.97 Å². The molecule has 218 valence electrons. The zero-order chi connectivity index (χ0) is 28.3. The number of likely N-dealkylation sites (N-methyl/N-ethyl adjacent to an activating group) is 1. The summed E-state index contributed by atoms with van der Waals surface area (Å²) in [7, 11) is 2.10. The lowest BCUT2D eigenvalue weighted by Gasteiger charge is -2.73. The van der Waals surface area contributed by atoms with Gasteiger partial charge in [0.15, 0.2) is 5.79 Å². The van der Waals surface area contributed by atoms with Crippen LogP contribution in [0.4, 0.5) is 0 Å². The van der Waals surface area contributed by atoms with Crippen LogP contribution < -0.4 is 0 Å². The lowest BCUT2D eigenvalue weighted by atomic mass is 9.41. The smallest absolute Gasteiger partial charge is 0.340 e. The molecule has 1 spiro atoms. The molecule has 5 fully saturated rings. The number of nitrogens with one attached hydrogen (secondary N) is 1. The highest BCUT2D eigenvalue weighted by atomic mass is 16.7. The van der Waals surface area contributed by atoms with Gasteiger partial charge in [-0.15, -0.1) is 0 Å². The predicted molar refractivity (Wildman–Crippen MR) is 149 cm³/mol. The summed E-state index contributed by atoms with van der Waals surface area (Å²) in [6.45, 7) is 10.2. The first-order chi connectivity index (χ1) is 19.0. The van der Waals surface area contributed by atoms with Crippen molar-refractivity contribution in [1.29, 1.82) is 0 Å². The number of aryl methyl sites for hydroxylation is 2. The monoisotopic (exact) mass is 552 g/mol. The average Bonchev–Trinajstić information content (AvgIpc) is 3.37. The fourth-order valence-corrected chi connectivity index (χ4v) is 10.0. The third-order valence-corrected chi connectivity index (χ3v) is 11.9. The van der Waals surface area contributed by atoms with Gasteiger partial charge in [-0.3, -0.25) is 0 Å². The number of fused-ring (bicyclic) bond motifs is 1. The standard InChI is InChI=1S/C32H44N2O6/c1-6-23-26(19(2)17-33-23)27(36)39-20(3)22-9-10-31-24-8-7-21-15-30(37)12-11-28(21,4)32(24,40-30)25(35)16-29(22,31)18-34(5)13-14-38-31/h8-9,17,20-21,25,33,35,37H,6-7,10-16,18H2,1-5H3. The van der Waals surface area contributed by atoms with E-state index in [2.05, 4.69) is 36.0 Å². The SMILES string of the molecule is CCc1[nH]cc(C)c1C(=O)OC(C)C1=CCC23OCCN(C)CC12CC(O)C12OC4(O)CCC1(C)C(CC=C32)C4. The van der Waals surface area contributed by atoms with Crippen LogP contribution in [0.5, 0.6) is 0 Å². The van der Waals surface area contributed by atoms with E-state index < -0.39 is 34.6 Å². The van der Waals surface area contributed by atoms with Crippen molar-refractivity contribution in [3.05, 3.63) is 46.3 Å². The van der Waals surface area contributed by atoms with Crippen molar-refractivity contribution in [3.63, 3.8) is 0 Å². The van der Waals surface area contributed by atoms with Crippen molar-refractivity contribution in [1.82, 2.24) is 9.88 Å². The highest BCUT2D eigenvalue weighted by Gasteiger charge is 2.79. The fourth-order valence-electron chi connectivity index (χ4n) is 10.0. The van der Waals surface area contributed by atoms with E-state index in [9.17, 15) is 15.0 Å². The van der Waals surface area contributed by atoms with Gasteiger partial charge in [-0.1, -0.05) is 26.0 Å². The Balaban J connectivity index is 1.32. The van der Waals surface area contributed by atoms with E-state index in [0.29, 0.717) is 44.4 Å². The summed E-state index contributed by atoms with van der Waals surface area (Å²) in [5.74, 6) is -1.29. The normalized spacial score (nSPS) is 44.6. The number of aromatic amines is 1. The Hall–Kier alpha value is -1.97. The fraction of sp³-hybridized carbons (Fsp3) is 0.719. The quantitative estimate of drug-likeness (QED) is 0.386. The number of hydrogen-bond acceptors (Lipinski definition) is 7. The molecule has 8 unspecified atom stereocenters. The number of H-pyrrole nitrogens is 1. The molecule has 0 aromatic carbocycles. The van der Waals surface area contributed by atoms with Crippen molar-refractivity contribution in [2.24, 2.45) is 16.7 Å². The molecule has 40 heavy (non-hydrogen) atoms. The van der Waals surface area contributed by atoms with Crippen molar-refractivity contribution >= 4 is 5.97 Å². The Morgan fingerprint density at radius 2 is 2.10 bits per heavy atom. The van der Waals surface area contributed by atoms with E-state index in [0.717, 1.165) is 48.2 Å². The first-order valence-electron chi connectivity index (χ1n) is 15.2. The molecule has 8 nitrogen and oxygen atoms in total. The summed E-state index contributed by atoms with van der Waals surface area (Å²) in [4.78, 5) is 19.0. The van der Waals surface area contributed by atoms with Gasteiger partial charge in [0, 0.05) is 48.7 Å². The Labute approximate surface area is 236 Å². The molecule has 0 radical (unpaired) electrons. The van der Waals surface area contributed by atoms with Gasteiger partial charge in [0.1, 0.15) is 17.3 Å². The highest BCUT2D eigenvalue weighted by Crippen LogP contribution is 2.74. The predicted octanol–water partition coefficient (Wildman–Crippen LogP) is 3.81. The summed E-state index contributed by atoms with van der Waals surface area (Å²) in [5, 5.41) is 23.8. The third-order valence-electron chi connectivity index (χ3n) is 11.9. The summed E-state index contributed by atoms with van der Waals surface area (Å²) >= 11 is 0. The molecule has 7 aliphatic rings. The van der Waals surface area contributed by atoms with E-state index in [1.54, 1.807) is 0 Å². The Morgan fingerprint density at radius 3 is 2.88 bits per heavy atom. The Morgan fingerprint density at radius 1 is 1.30 bits per heavy atom. The Kier molecular flexibility index (Phi) is 5.74. The molecular formula is C32H44N2O6. The molecule has 4 bridgehead atoms. The van der Waals surface area contributed by atoms with Crippen LogP contribution in [0.2, 0.25) is 0 Å². The third kappa shape index (κ3) is 3.12. The number of aromatic nitrogens is 1. The van der Waals surface area contributed by atoms with Gasteiger partial charge in [0.25, 0.3) is 0 Å². The van der Waals surface area contributed by atoms with Crippen molar-refractivity contribution in [2.45, 2.75) is 102 Å². The van der Waals surface area contributed by atoms with Crippen LogP contribution >= 0.6 is 0 Å². The second-order valence-corrected chi connectivity index (χ2v) is 13.8. The van der Waals surface area contributed by atoms with E-state index in [4.69, 9.17) is 14.2 Å². The molecule has 3 saturated heterocycles. The topological polar surface area (TPSA) is 104 Å². The van der Waals surface area contributed by atoms with Crippen LogP contribution in [-0.4, -0.2) is 82.0 Å². The maximum Gasteiger partial charge on any atom is 0.340 e. The van der Waals surface area contributed by atoms with Gasteiger partial charge < -0.3 is 34.3 Å². The second-order valence-electron chi connectivity index (χ2n) is 13.8. The summed E-state index contributed by atoms with van der Waals surface area (Å²) < 4.78 is 20.0. The summed E-state index contributed by atoms with van der Waals surface area (Å²) in [6.07, 6.45) is 9.66. The Bertz CT molecular complexity index is 1320. The van der Waals surface area contributed by atoms with Gasteiger partial charge in [-0.2, -0.15) is 0 Å². The van der Waals surface area contributed by atoms with E-state index >= 15 is 0 Å². The number of carbonyl (C=O) groups is 1. The van der Waals surface area contributed by atoms with Crippen LogP contribution in [0.25, 0.3) is 0 Å². The molecular weight excluding hydrogens is 508 g/mol. The van der Waals surface area contributed by atoms with Gasteiger partial charge in [0.2, 0.25) is 0 Å². The van der Waals surface area contributed by atoms with Gasteiger partial charge in [-0.25, -0.2) is 4.79 Å². The molecule has 0 amide bonds. The lowest BCUT2D eigenvalue weighted by Crippen LogP contribution is -2.79.